The molecule has 4 heteroatoms. The lowest BCUT2D eigenvalue weighted by Gasteiger charge is -2.35. The summed E-state index contributed by atoms with van der Waals surface area (Å²) in [5.41, 5.74) is -0.406. The molecule has 2 atom stereocenters. The third kappa shape index (κ3) is 4.24. The quantitative estimate of drug-likeness (QED) is 0.720. The van der Waals surface area contributed by atoms with E-state index in [9.17, 15) is 4.79 Å². The third-order valence-electron chi connectivity index (χ3n) is 2.79. The molecule has 0 N–H and O–H groups in total. The molecular formula is C12H23NO2S. The van der Waals surface area contributed by atoms with Crippen LogP contribution in [0.5, 0.6) is 0 Å². The molecule has 16 heavy (non-hydrogen) atoms. The number of carbonyl (C=O) groups excluding carboxylic acids is 1. The summed E-state index contributed by atoms with van der Waals surface area (Å²) >= 11 is 4.46. The van der Waals surface area contributed by atoms with Crippen LogP contribution in [0.2, 0.25) is 0 Å². The molecule has 0 aromatic carbocycles. The summed E-state index contributed by atoms with van der Waals surface area (Å²) in [6, 6.07) is 0. The van der Waals surface area contributed by atoms with Gasteiger partial charge in [0.2, 0.25) is 0 Å². The van der Waals surface area contributed by atoms with Gasteiger partial charge in [0.1, 0.15) is 5.60 Å². The van der Waals surface area contributed by atoms with Crippen LogP contribution in [0.3, 0.4) is 0 Å². The molecule has 1 aliphatic rings. The van der Waals surface area contributed by atoms with Gasteiger partial charge in [-0.05, 0) is 39.5 Å². The second-order valence-electron chi connectivity index (χ2n) is 5.57. The van der Waals surface area contributed by atoms with E-state index >= 15 is 0 Å². The Labute approximate surface area is 104 Å². The van der Waals surface area contributed by atoms with Crippen molar-refractivity contribution >= 4 is 18.7 Å². The first kappa shape index (κ1) is 13.7. The van der Waals surface area contributed by atoms with E-state index in [1.807, 2.05) is 25.7 Å². The van der Waals surface area contributed by atoms with Gasteiger partial charge in [0, 0.05) is 18.3 Å². The first-order valence-electron chi connectivity index (χ1n) is 5.95. The first-order chi connectivity index (χ1) is 7.29. The van der Waals surface area contributed by atoms with Gasteiger partial charge in [-0.3, -0.25) is 0 Å². The molecule has 0 aromatic rings. The van der Waals surface area contributed by atoms with Gasteiger partial charge in [0.15, 0.2) is 0 Å². The SMILES string of the molecule is CC(S)C1CCCN(C(=O)OC(C)(C)C)C1. The van der Waals surface area contributed by atoms with Crippen LogP contribution in [-0.2, 0) is 4.74 Å². The molecule has 0 spiro atoms. The Balaban J connectivity index is 2.50. The van der Waals surface area contributed by atoms with Gasteiger partial charge >= 0.3 is 6.09 Å². The van der Waals surface area contributed by atoms with Crippen molar-refractivity contribution in [3.8, 4) is 0 Å². The second-order valence-corrected chi connectivity index (χ2v) is 6.38. The topological polar surface area (TPSA) is 29.5 Å². The number of piperidine rings is 1. The van der Waals surface area contributed by atoms with Crippen LogP contribution in [0.1, 0.15) is 40.5 Å². The van der Waals surface area contributed by atoms with Crippen molar-refractivity contribution in [1.29, 1.82) is 0 Å². The number of nitrogens with zero attached hydrogens (tertiary/aromatic N) is 1. The first-order valence-corrected chi connectivity index (χ1v) is 6.47. The molecule has 1 saturated heterocycles. The monoisotopic (exact) mass is 245 g/mol. The molecule has 1 fully saturated rings. The van der Waals surface area contributed by atoms with E-state index < -0.39 is 5.60 Å². The van der Waals surface area contributed by atoms with Crippen LogP contribution in [0.4, 0.5) is 4.79 Å². The Bertz CT molecular complexity index is 248. The minimum Gasteiger partial charge on any atom is -0.444 e. The molecule has 1 rings (SSSR count). The fourth-order valence-electron chi connectivity index (χ4n) is 1.90. The minimum atomic E-state index is -0.406. The van der Waals surface area contributed by atoms with Crippen LogP contribution in [0, 0.1) is 5.92 Å². The predicted octanol–water partition coefficient (Wildman–Crippen LogP) is 2.95. The lowest BCUT2D eigenvalue weighted by molar-refractivity contribution is 0.0167. The van der Waals surface area contributed by atoms with Crippen LogP contribution < -0.4 is 0 Å². The Kier molecular flexibility index (Phi) is 4.53. The summed E-state index contributed by atoms with van der Waals surface area (Å²) in [5, 5.41) is 0.338. The zero-order chi connectivity index (χ0) is 12.3. The maximum Gasteiger partial charge on any atom is 0.410 e. The number of carbonyl (C=O) groups is 1. The van der Waals surface area contributed by atoms with E-state index in [0.29, 0.717) is 11.2 Å². The molecule has 1 amide bonds. The number of ether oxygens (including phenoxy) is 1. The summed E-state index contributed by atoms with van der Waals surface area (Å²) in [7, 11) is 0. The molecule has 0 bridgehead atoms. The Morgan fingerprint density at radius 3 is 2.62 bits per heavy atom. The molecule has 0 radical (unpaired) electrons. The van der Waals surface area contributed by atoms with Gasteiger partial charge in [-0.2, -0.15) is 12.6 Å². The fourth-order valence-corrected chi connectivity index (χ4v) is 2.14. The minimum absolute atomic E-state index is 0.189. The van der Waals surface area contributed by atoms with Crippen LogP contribution >= 0.6 is 12.6 Å². The smallest absolute Gasteiger partial charge is 0.410 e. The van der Waals surface area contributed by atoms with Crippen molar-refractivity contribution in [3.05, 3.63) is 0 Å². The number of hydrogen-bond acceptors (Lipinski definition) is 3. The summed E-state index contributed by atoms with van der Waals surface area (Å²) in [5.74, 6) is 0.490. The molecule has 94 valence electrons. The summed E-state index contributed by atoms with van der Waals surface area (Å²) < 4.78 is 5.37. The number of thiol groups is 1. The molecule has 1 heterocycles. The van der Waals surface area contributed by atoms with Gasteiger partial charge in [0.25, 0.3) is 0 Å². The van der Waals surface area contributed by atoms with Crippen molar-refractivity contribution in [3.63, 3.8) is 0 Å². The Morgan fingerprint density at radius 2 is 2.12 bits per heavy atom. The highest BCUT2D eigenvalue weighted by atomic mass is 32.1. The third-order valence-corrected chi connectivity index (χ3v) is 3.21. The standard InChI is InChI=1S/C12H23NO2S/c1-9(16)10-6-5-7-13(8-10)11(14)15-12(2,3)4/h9-10,16H,5-8H2,1-4H3. The summed E-state index contributed by atoms with van der Waals surface area (Å²) in [4.78, 5) is 13.7. The average Bonchev–Trinajstić information content (AvgIpc) is 2.15. The zero-order valence-corrected chi connectivity index (χ0v) is 11.6. The van der Waals surface area contributed by atoms with Crippen LogP contribution in [0.25, 0.3) is 0 Å². The number of likely N-dealkylation sites (tertiary alicyclic amines) is 1. The van der Waals surface area contributed by atoms with Gasteiger partial charge < -0.3 is 9.64 Å². The average molecular weight is 245 g/mol. The van der Waals surface area contributed by atoms with Crippen molar-refractivity contribution < 1.29 is 9.53 Å². The predicted molar refractivity (Wildman–Crippen MR) is 69.0 cm³/mol. The number of hydrogen-bond donors (Lipinski definition) is 1. The van der Waals surface area contributed by atoms with Crippen molar-refractivity contribution in [1.82, 2.24) is 4.90 Å². The fraction of sp³-hybridized carbons (Fsp3) is 0.917. The number of rotatable bonds is 1. The molecule has 2 unspecified atom stereocenters. The Morgan fingerprint density at radius 1 is 1.50 bits per heavy atom. The highest BCUT2D eigenvalue weighted by Gasteiger charge is 2.28. The Hall–Kier alpha value is -0.380. The van der Waals surface area contributed by atoms with Gasteiger partial charge in [0.05, 0.1) is 0 Å². The van der Waals surface area contributed by atoms with Gasteiger partial charge in [-0.15, -0.1) is 0 Å². The molecule has 0 aromatic heterocycles. The van der Waals surface area contributed by atoms with Crippen LogP contribution in [-0.4, -0.2) is 34.9 Å². The zero-order valence-electron chi connectivity index (χ0n) is 10.7. The van der Waals surface area contributed by atoms with E-state index in [2.05, 4.69) is 19.6 Å². The van der Waals surface area contributed by atoms with E-state index in [1.165, 1.54) is 0 Å². The highest BCUT2D eigenvalue weighted by molar-refractivity contribution is 7.80. The van der Waals surface area contributed by atoms with Crippen molar-refractivity contribution in [2.24, 2.45) is 5.92 Å². The van der Waals surface area contributed by atoms with Crippen molar-refractivity contribution in [2.75, 3.05) is 13.1 Å². The van der Waals surface area contributed by atoms with Gasteiger partial charge in [-0.1, -0.05) is 6.92 Å². The lowest BCUT2D eigenvalue weighted by Crippen LogP contribution is -2.44. The maximum atomic E-state index is 11.9. The molecular weight excluding hydrogens is 222 g/mol. The summed E-state index contributed by atoms with van der Waals surface area (Å²) in [6.45, 7) is 9.37. The largest absolute Gasteiger partial charge is 0.444 e. The van der Waals surface area contributed by atoms with E-state index in [1.54, 1.807) is 0 Å². The van der Waals surface area contributed by atoms with Gasteiger partial charge in [-0.25, -0.2) is 4.79 Å². The molecule has 1 aliphatic heterocycles. The van der Waals surface area contributed by atoms with E-state index in [0.717, 1.165) is 25.9 Å². The molecule has 0 aliphatic carbocycles. The van der Waals surface area contributed by atoms with Crippen LogP contribution in [0.15, 0.2) is 0 Å². The number of amides is 1. The molecule has 3 nitrogen and oxygen atoms in total. The van der Waals surface area contributed by atoms with E-state index in [-0.39, 0.29) is 6.09 Å². The maximum absolute atomic E-state index is 11.9. The summed E-state index contributed by atoms with van der Waals surface area (Å²) in [6.07, 6.45) is 2.02. The highest BCUT2D eigenvalue weighted by Crippen LogP contribution is 2.23. The molecule has 0 saturated carbocycles. The van der Waals surface area contributed by atoms with Crippen molar-refractivity contribution in [2.45, 2.75) is 51.4 Å². The normalized spacial score (nSPS) is 24.1. The lowest BCUT2D eigenvalue weighted by atomic mass is 9.95. The van der Waals surface area contributed by atoms with E-state index in [4.69, 9.17) is 4.74 Å². The second kappa shape index (κ2) is 5.30.